The summed E-state index contributed by atoms with van der Waals surface area (Å²) in [5.41, 5.74) is 2.88. The van der Waals surface area contributed by atoms with Gasteiger partial charge in [0, 0.05) is 23.0 Å². The van der Waals surface area contributed by atoms with E-state index < -0.39 is 0 Å². The lowest BCUT2D eigenvalue weighted by Crippen LogP contribution is -2.33. The Morgan fingerprint density at radius 2 is 1.81 bits per heavy atom. The summed E-state index contributed by atoms with van der Waals surface area (Å²) in [5.74, 6) is 1.52. The van der Waals surface area contributed by atoms with Gasteiger partial charge in [-0.3, -0.25) is 4.98 Å². The zero-order valence-corrected chi connectivity index (χ0v) is 13.5. The Kier molecular flexibility index (Phi) is 5.07. The van der Waals surface area contributed by atoms with Crippen LogP contribution in [0.2, 0.25) is 0 Å². The Hall–Kier alpha value is -1.75. The standard InChI is InChI=1S/C16H24N4O/c1-6-14(17-7-2)12(5)16-19-15(20-21-16)13-8-10(3)18-11(4)9-13/h8-9,12,14,17H,6-7H2,1-5H3. The Morgan fingerprint density at radius 3 is 2.38 bits per heavy atom. The van der Waals surface area contributed by atoms with Crippen molar-refractivity contribution in [1.82, 2.24) is 20.4 Å². The minimum Gasteiger partial charge on any atom is -0.339 e. The topological polar surface area (TPSA) is 63.8 Å². The molecule has 0 aliphatic carbocycles. The third-order valence-electron chi connectivity index (χ3n) is 3.68. The molecule has 2 rings (SSSR count). The molecule has 5 nitrogen and oxygen atoms in total. The summed E-state index contributed by atoms with van der Waals surface area (Å²) in [5, 5.41) is 7.58. The molecule has 0 fully saturated rings. The summed E-state index contributed by atoms with van der Waals surface area (Å²) in [6.07, 6.45) is 1.03. The molecule has 2 aromatic rings. The van der Waals surface area contributed by atoms with Crippen molar-refractivity contribution in [3.63, 3.8) is 0 Å². The Morgan fingerprint density at radius 1 is 1.14 bits per heavy atom. The second-order valence-electron chi connectivity index (χ2n) is 5.46. The highest BCUT2D eigenvalue weighted by Crippen LogP contribution is 2.23. The van der Waals surface area contributed by atoms with E-state index in [-0.39, 0.29) is 5.92 Å². The van der Waals surface area contributed by atoms with E-state index >= 15 is 0 Å². The number of aryl methyl sites for hydroxylation is 2. The predicted molar refractivity (Wildman–Crippen MR) is 83.2 cm³/mol. The molecule has 0 aromatic carbocycles. The SMILES string of the molecule is CCNC(CC)C(C)c1nc(-c2cc(C)nc(C)c2)no1. The van der Waals surface area contributed by atoms with Crippen LogP contribution in [0.5, 0.6) is 0 Å². The van der Waals surface area contributed by atoms with E-state index in [9.17, 15) is 0 Å². The molecule has 0 spiro atoms. The van der Waals surface area contributed by atoms with Gasteiger partial charge in [0.15, 0.2) is 0 Å². The summed E-state index contributed by atoms with van der Waals surface area (Å²) in [6, 6.07) is 4.31. The fourth-order valence-electron chi connectivity index (χ4n) is 2.61. The number of nitrogens with one attached hydrogen (secondary N) is 1. The summed E-state index contributed by atoms with van der Waals surface area (Å²) in [4.78, 5) is 8.94. The quantitative estimate of drug-likeness (QED) is 0.884. The highest BCUT2D eigenvalue weighted by atomic mass is 16.5. The molecule has 0 saturated heterocycles. The molecule has 1 N–H and O–H groups in total. The zero-order valence-electron chi connectivity index (χ0n) is 13.5. The van der Waals surface area contributed by atoms with Crippen LogP contribution in [-0.2, 0) is 0 Å². The Labute approximate surface area is 126 Å². The first-order valence-electron chi connectivity index (χ1n) is 7.57. The first kappa shape index (κ1) is 15.6. The van der Waals surface area contributed by atoms with Gasteiger partial charge in [-0.2, -0.15) is 4.98 Å². The molecular formula is C16H24N4O. The molecule has 2 heterocycles. The van der Waals surface area contributed by atoms with Gasteiger partial charge in [0.1, 0.15) is 0 Å². The van der Waals surface area contributed by atoms with Crippen molar-refractivity contribution in [2.45, 2.75) is 53.0 Å². The highest BCUT2D eigenvalue weighted by Gasteiger charge is 2.22. The van der Waals surface area contributed by atoms with Gasteiger partial charge >= 0.3 is 0 Å². The van der Waals surface area contributed by atoms with Gasteiger partial charge in [-0.1, -0.05) is 25.9 Å². The van der Waals surface area contributed by atoms with E-state index in [1.54, 1.807) is 0 Å². The molecule has 0 saturated carbocycles. The minimum absolute atomic E-state index is 0.195. The average Bonchev–Trinajstić information content (AvgIpc) is 2.92. The van der Waals surface area contributed by atoms with E-state index in [0.717, 1.165) is 29.9 Å². The average molecular weight is 288 g/mol. The molecule has 2 aromatic heterocycles. The molecule has 0 aliphatic rings. The first-order valence-corrected chi connectivity index (χ1v) is 7.57. The van der Waals surface area contributed by atoms with Crippen LogP contribution < -0.4 is 5.32 Å². The van der Waals surface area contributed by atoms with Crippen molar-refractivity contribution >= 4 is 0 Å². The molecule has 21 heavy (non-hydrogen) atoms. The summed E-state index contributed by atoms with van der Waals surface area (Å²) < 4.78 is 5.47. The summed E-state index contributed by atoms with van der Waals surface area (Å²) >= 11 is 0. The predicted octanol–water partition coefficient (Wildman–Crippen LogP) is 3.24. The van der Waals surface area contributed by atoms with Crippen LogP contribution in [0.15, 0.2) is 16.7 Å². The van der Waals surface area contributed by atoms with Gasteiger partial charge in [0.2, 0.25) is 11.7 Å². The number of hydrogen-bond acceptors (Lipinski definition) is 5. The largest absolute Gasteiger partial charge is 0.339 e. The van der Waals surface area contributed by atoms with Crippen LogP contribution in [-0.4, -0.2) is 27.7 Å². The molecule has 0 radical (unpaired) electrons. The lowest BCUT2D eigenvalue weighted by molar-refractivity contribution is 0.321. The fraction of sp³-hybridized carbons (Fsp3) is 0.562. The summed E-state index contributed by atoms with van der Waals surface area (Å²) in [7, 11) is 0. The van der Waals surface area contributed by atoms with Gasteiger partial charge in [0.25, 0.3) is 0 Å². The maximum absolute atomic E-state index is 5.47. The van der Waals surface area contributed by atoms with Gasteiger partial charge in [-0.25, -0.2) is 0 Å². The molecule has 5 heteroatoms. The van der Waals surface area contributed by atoms with Gasteiger partial charge in [0.05, 0.1) is 5.92 Å². The second-order valence-corrected chi connectivity index (χ2v) is 5.46. The number of likely N-dealkylation sites (N-methyl/N-ethyl adjacent to an activating group) is 1. The minimum atomic E-state index is 0.195. The van der Waals surface area contributed by atoms with Gasteiger partial charge in [-0.05, 0) is 38.9 Å². The Bertz CT molecular complexity index is 573. The van der Waals surface area contributed by atoms with E-state index in [1.807, 2.05) is 26.0 Å². The first-order chi connectivity index (χ1) is 10.0. The third kappa shape index (κ3) is 3.67. The van der Waals surface area contributed by atoms with E-state index in [1.165, 1.54) is 0 Å². The number of hydrogen-bond donors (Lipinski definition) is 1. The van der Waals surface area contributed by atoms with Crippen molar-refractivity contribution in [2.24, 2.45) is 0 Å². The number of nitrogens with zero attached hydrogens (tertiary/aromatic N) is 3. The van der Waals surface area contributed by atoms with Crippen LogP contribution in [0.4, 0.5) is 0 Å². The van der Waals surface area contributed by atoms with Gasteiger partial charge < -0.3 is 9.84 Å². The van der Waals surface area contributed by atoms with Crippen LogP contribution in [0.1, 0.15) is 50.4 Å². The highest BCUT2D eigenvalue weighted by molar-refractivity contribution is 5.55. The zero-order chi connectivity index (χ0) is 15.4. The Balaban J connectivity index is 2.24. The van der Waals surface area contributed by atoms with Crippen LogP contribution in [0, 0.1) is 13.8 Å². The normalized spacial score (nSPS) is 14.1. The third-order valence-corrected chi connectivity index (χ3v) is 3.68. The molecule has 0 aliphatic heterocycles. The van der Waals surface area contributed by atoms with Crippen LogP contribution >= 0.6 is 0 Å². The van der Waals surface area contributed by atoms with Crippen molar-refractivity contribution in [3.05, 3.63) is 29.4 Å². The van der Waals surface area contributed by atoms with Crippen molar-refractivity contribution in [2.75, 3.05) is 6.54 Å². The smallest absolute Gasteiger partial charge is 0.231 e. The van der Waals surface area contributed by atoms with Crippen molar-refractivity contribution in [1.29, 1.82) is 0 Å². The maximum Gasteiger partial charge on any atom is 0.231 e. The second kappa shape index (κ2) is 6.80. The summed E-state index contributed by atoms with van der Waals surface area (Å²) in [6.45, 7) is 11.3. The maximum atomic E-state index is 5.47. The molecule has 0 bridgehead atoms. The number of rotatable bonds is 6. The number of pyridine rings is 1. The lowest BCUT2D eigenvalue weighted by Gasteiger charge is -2.20. The molecule has 114 valence electrons. The van der Waals surface area contributed by atoms with E-state index in [0.29, 0.717) is 17.8 Å². The van der Waals surface area contributed by atoms with Crippen molar-refractivity contribution < 1.29 is 4.52 Å². The van der Waals surface area contributed by atoms with E-state index in [2.05, 4.69) is 41.2 Å². The lowest BCUT2D eigenvalue weighted by atomic mass is 9.99. The fourth-order valence-corrected chi connectivity index (χ4v) is 2.61. The molecular weight excluding hydrogens is 264 g/mol. The monoisotopic (exact) mass is 288 g/mol. The van der Waals surface area contributed by atoms with E-state index in [4.69, 9.17) is 4.52 Å². The molecule has 0 amide bonds. The molecule has 2 atom stereocenters. The van der Waals surface area contributed by atoms with Crippen LogP contribution in [0.25, 0.3) is 11.4 Å². The van der Waals surface area contributed by atoms with Crippen molar-refractivity contribution in [3.8, 4) is 11.4 Å². The van der Waals surface area contributed by atoms with Gasteiger partial charge in [-0.15, -0.1) is 0 Å². The number of aromatic nitrogens is 3. The van der Waals surface area contributed by atoms with Crippen LogP contribution in [0.3, 0.4) is 0 Å². The molecule has 2 unspecified atom stereocenters.